The summed E-state index contributed by atoms with van der Waals surface area (Å²) in [6, 6.07) is 10.9. The van der Waals surface area contributed by atoms with Gasteiger partial charge in [0.2, 0.25) is 0 Å². The van der Waals surface area contributed by atoms with E-state index in [9.17, 15) is 0 Å². The van der Waals surface area contributed by atoms with Crippen molar-refractivity contribution in [1.29, 1.82) is 5.26 Å². The molecule has 0 heterocycles. The van der Waals surface area contributed by atoms with Gasteiger partial charge in [-0.3, -0.25) is 0 Å². The number of benzene rings is 1. The Labute approximate surface area is 85.4 Å². The quantitative estimate of drug-likeness (QED) is 0.658. The Morgan fingerprint density at radius 1 is 1.43 bits per heavy atom. The Morgan fingerprint density at radius 2 is 2.21 bits per heavy atom. The minimum Gasteiger partial charge on any atom is -0.198 e. The summed E-state index contributed by atoms with van der Waals surface area (Å²) in [5, 5.41) is 8.73. The third-order valence-electron chi connectivity index (χ3n) is 3.39. The summed E-state index contributed by atoms with van der Waals surface area (Å²) in [5.74, 6) is 1.12. The largest absolute Gasteiger partial charge is 0.198 e. The van der Waals surface area contributed by atoms with Crippen molar-refractivity contribution in [1.82, 2.24) is 0 Å². The van der Waals surface area contributed by atoms with Gasteiger partial charge in [-0.05, 0) is 35.8 Å². The van der Waals surface area contributed by atoms with Crippen LogP contribution in [0.3, 0.4) is 0 Å². The standard InChI is InChI=1S/C13H15N/c1-10-11(8-9-14)6-7-12-4-2-3-5-13(10)12/h2-5,10-11H,6-8H2,1H3. The lowest BCUT2D eigenvalue weighted by Crippen LogP contribution is -2.17. The van der Waals surface area contributed by atoms with E-state index in [0.717, 1.165) is 6.42 Å². The number of nitrogens with zero attached hydrogens (tertiary/aromatic N) is 1. The minimum absolute atomic E-state index is 0.555. The summed E-state index contributed by atoms with van der Waals surface area (Å²) in [7, 11) is 0. The van der Waals surface area contributed by atoms with Gasteiger partial charge in [-0.1, -0.05) is 31.2 Å². The lowest BCUT2D eigenvalue weighted by atomic mass is 9.75. The molecule has 72 valence electrons. The molecule has 1 aromatic rings. The van der Waals surface area contributed by atoms with E-state index in [4.69, 9.17) is 5.26 Å². The van der Waals surface area contributed by atoms with Crippen LogP contribution >= 0.6 is 0 Å². The molecule has 0 aliphatic heterocycles. The maximum Gasteiger partial charge on any atom is 0.0624 e. The fourth-order valence-electron chi connectivity index (χ4n) is 2.45. The average molecular weight is 185 g/mol. The monoisotopic (exact) mass is 185 g/mol. The van der Waals surface area contributed by atoms with E-state index >= 15 is 0 Å². The topological polar surface area (TPSA) is 23.8 Å². The molecular formula is C13H15N. The molecule has 0 spiro atoms. The van der Waals surface area contributed by atoms with E-state index in [1.807, 2.05) is 0 Å². The summed E-state index contributed by atoms with van der Waals surface area (Å²) in [6.45, 7) is 2.25. The second-order valence-corrected chi connectivity index (χ2v) is 4.15. The number of aryl methyl sites for hydroxylation is 1. The molecule has 0 saturated heterocycles. The van der Waals surface area contributed by atoms with Crippen LogP contribution in [0.2, 0.25) is 0 Å². The number of hydrogen-bond donors (Lipinski definition) is 0. The molecule has 0 radical (unpaired) electrons. The molecular weight excluding hydrogens is 170 g/mol. The predicted molar refractivity (Wildman–Crippen MR) is 56.9 cm³/mol. The Hall–Kier alpha value is -1.29. The first kappa shape index (κ1) is 9.27. The van der Waals surface area contributed by atoms with Gasteiger partial charge < -0.3 is 0 Å². The van der Waals surface area contributed by atoms with Gasteiger partial charge in [-0.25, -0.2) is 0 Å². The summed E-state index contributed by atoms with van der Waals surface area (Å²) in [6.07, 6.45) is 3.02. The van der Waals surface area contributed by atoms with E-state index in [2.05, 4.69) is 37.3 Å². The van der Waals surface area contributed by atoms with Gasteiger partial charge in [-0.15, -0.1) is 0 Å². The molecule has 0 bridgehead atoms. The molecule has 2 atom stereocenters. The minimum atomic E-state index is 0.555. The Morgan fingerprint density at radius 3 is 3.00 bits per heavy atom. The summed E-state index contributed by atoms with van der Waals surface area (Å²) in [4.78, 5) is 0. The number of hydrogen-bond acceptors (Lipinski definition) is 1. The molecule has 0 saturated carbocycles. The zero-order chi connectivity index (χ0) is 9.97. The van der Waals surface area contributed by atoms with Crippen LogP contribution < -0.4 is 0 Å². The molecule has 0 amide bonds. The van der Waals surface area contributed by atoms with Crippen molar-refractivity contribution >= 4 is 0 Å². The van der Waals surface area contributed by atoms with Crippen LogP contribution in [-0.2, 0) is 6.42 Å². The molecule has 1 heteroatoms. The molecule has 2 rings (SSSR count). The lowest BCUT2D eigenvalue weighted by Gasteiger charge is -2.29. The fourth-order valence-corrected chi connectivity index (χ4v) is 2.45. The van der Waals surface area contributed by atoms with Gasteiger partial charge in [0, 0.05) is 6.42 Å². The first-order valence-corrected chi connectivity index (χ1v) is 5.27. The normalized spacial score (nSPS) is 25.1. The van der Waals surface area contributed by atoms with Crippen LogP contribution in [0.5, 0.6) is 0 Å². The van der Waals surface area contributed by atoms with Crippen molar-refractivity contribution in [3.8, 4) is 6.07 Å². The van der Waals surface area contributed by atoms with Crippen LogP contribution in [0.15, 0.2) is 24.3 Å². The van der Waals surface area contributed by atoms with Crippen molar-refractivity contribution in [3.63, 3.8) is 0 Å². The molecule has 1 nitrogen and oxygen atoms in total. The van der Waals surface area contributed by atoms with Crippen LogP contribution in [0.4, 0.5) is 0 Å². The highest BCUT2D eigenvalue weighted by Gasteiger charge is 2.25. The molecule has 0 aromatic heterocycles. The Balaban J connectivity index is 2.28. The van der Waals surface area contributed by atoms with Crippen molar-refractivity contribution in [2.75, 3.05) is 0 Å². The molecule has 1 aromatic carbocycles. The second-order valence-electron chi connectivity index (χ2n) is 4.15. The molecule has 1 aliphatic carbocycles. The number of rotatable bonds is 1. The van der Waals surface area contributed by atoms with E-state index < -0.39 is 0 Å². The SMILES string of the molecule is CC1c2ccccc2CCC1CC#N. The Kier molecular flexibility index (Phi) is 2.54. The molecule has 14 heavy (non-hydrogen) atoms. The van der Waals surface area contributed by atoms with E-state index in [1.165, 1.54) is 17.5 Å². The van der Waals surface area contributed by atoms with Crippen molar-refractivity contribution in [3.05, 3.63) is 35.4 Å². The maximum atomic E-state index is 8.73. The third-order valence-corrected chi connectivity index (χ3v) is 3.39. The Bertz CT molecular complexity index is 362. The first-order chi connectivity index (χ1) is 6.83. The highest BCUT2D eigenvalue weighted by molar-refractivity contribution is 5.33. The van der Waals surface area contributed by atoms with Crippen LogP contribution in [0.25, 0.3) is 0 Å². The molecule has 2 unspecified atom stereocenters. The van der Waals surface area contributed by atoms with Crippen LogP contribution in [0.1, 0.15) is 36.8 Å². The zero-order valence-corrected chi connectivity index (χ0v) is 8.53. The first-order valence-electron chi connectivity index (χ1n) is 5.27. The average Bonchev–Trinajstić information content (AvgIpc) is 2.23. The molecule has 0 fully saturated rings. The van der Waals surface area contributed by atoms with Gasteiger partial charge in [0.05, 0.1) is 6.07 Å². The van der Waals surface area contributed by atoms with E-state index in [-0.39, 0.29) is 0 Å². The highest BCUT2D eigenvalue weighted by Crippen LogP contribution is 2.37. The van der Waals surface area contributed by atoms with Crippen LogP contribution in [-0.4, -0.2) is 0 Å². The summed E-state index contributed by atoms with van der Waals surface area (Å²) >= 11 is 0. The number of nitriles is 1. The second kappa shape index (κ2) is 3.84. The van der Waals surface area contributed by atoms with Crippen molar-refractivity contribution < 1.29 is 0 Å². The van der Waals surface area contributed by atoms with Crippen LogP contribution in [0, 0.1) is 17.2 Å². The van der Waals surface area contributed by atoms with Crippen molar-refractivity contribution in [2.24, 2.45) is 5.92 Å². The van der Waals surface area contributed by atoms with Crippen molar-refractivity contribution in [2.45, 2.75) is 32.1 Å². The van der Waals surface area contributed by atoms with Gasteiger partial charge in [0.15, 0.2) is 0 Å². The van der Waals surface area contributed by atoms with Gasteiger partial charge in [0.1, 0.15) is 0 Å². The number of fused-ring (bicyclic) bond motifs is 1. The van der Waals surface area contributed by atoms with Gasteiger partial charge in [-0.2, -0.15) is 5.26 Å². The van der Waals surface area contributed by atoms with Gasteiger partial charge in [0.25, 0.3) is 0 Å². The summed E-state index contributed by atoms with van der Waals surface area (Å²) < 4.78 is 0. The molecule has 0 N–H and O–H groups in total. The fraction of sp³-hybridized carbons (Fsp3) is 0.462. The predicted octanol–water partition coefficient (Wildman–Crippen LogP) is 3.27. The zero-order valence-electron chi connectivity index (χ0n) is 8.53. The lowest BCUT2D eigenvalue weighted by molar-refractivity contribution is 0.398. The summed E-state index contributed by atoms with van der Waals surface area (Å²) in [5.41, 5.74) is 2.94. The van der Waals surface area contributed by atoms with E-state index in [0.29, 0.717) is 18.3 Å². The third kappa shape index (κ3) is 1.53. The maximum absolute atomic E-state index is 8.73. The smallest absolute Gasteiger partial charge is 0.0624 e. The molecule has 1 aliphatic rings. The van der Waals surface area contributed by atoms with E-state index in [1.54, 1.807) is 0 Å². The highest BCUT2D eigenvalue weighted by atomic mass is 14.3. The van der Waals surface area contributed by atoms with Gasteiger partial charge >= 0.3 is 0 Å².